The minimum Gasteiger partial charge on any atom is -0.448 e. The van der Waals surface area contributed by atoms with E-state index < -0.39 is 0 Å². The summed E-state index contributed by atoms with van der Waals surface area (Å²) in [6.45, 7) is 1.63. The summed E-state index contributed by atoms with van der Waals surface area (Å²) >= 11 is 11.8. The lowest BCUT2D eigenvalue weighted by Crippen LogP contribution is -2.01. The molecular formula is C13H9Cl2N3O2. The number of benzene rings is 1. The zero-order chi connectivity index (χ0) is 14.5. The molecule has 0 unspecified atom stereocenters. The van der Waals surface area contributed by atoms with Crippen LogP contribution < -0.4 is 9.47 Å². The van der Waals surface area contributed by atoms with Gasteiger partial charge in [0.05, 0.1) is 5.02 Å². The van der Waals surface area contributed by atoms with Crippen LogP contribution in [0.5, 0.6) is 17.6 Å². The van der Waals surface area contributed by atoms with E-state index in [0.717, 1.165) is 0 Å². The van der Waals surface area contributed by atoms with E-state index >= 15 is 0 Å². The largest absolute Gasteiger partial charge is 0.448 e. The molecular weight excluding hydrogens is 301 g/mol. The topological polar surface area (TPSA) is 68.0 Å². The maximum absolute atomic E-state index is 8.47. The Morgan fingerprint density at radius 1 is 1.25 bits per heavy atom. The van der Waals surface area contributed by atoms with E-state index in [1.54, 1.807) is 31.2 Å². The van der Waals surface area contributed by atoms with E-state index in [1.165, 1.54) is 0 Å². The van der Waals surface area contributed by atoms with Crippen molar-refractivity contribution < 1.29 is 9.47 Å². The molecule has 102 valence electrons. The lowest BCUT2D eigenvalue weighted by molar-refractivity contribution is 0.328. The molecule has 1 heterocycles. The summed E-state index contributed by atoms with van der Waals surface area (Å²) in [4.78, 5) is 8.06. The standard InChI is InChI=1S/C13H9Cl2N3O2/c1-8-6-12(18-13(17-8)19-5-4-16)20-11-3-2-9(14)7-10(11)15/h2-3,6-7H,5H2,1H3. The van der Waals surface area contributed by atoms with Crippen molar-refractivity contribution >= 4 is 23.2 Å². The van der Waals surface area contributed by atoms with Crippen molar-refractivity contribution in [1.29, 1.82) is 5.26 Å². The summed E-state index contributed by atoms with van der Waals surface area (Å²) in [6.07, 6.45) is 0. The highest BCUT2D eigenvalue weighted by molar-refractivity contribution is 6.35. The smallest absolute Gasteiger partial charge is 0.320 e. The lowest BCUT2D eigenvalue weighted by Gasteiger charge is -2.08. The van der Waals surface area contributed by atoms with Crippen LogP contribution in [-0.4, -0.2) is 16.6 Å². The highest BCUT2D eigenvalue weighted by Gasteiger charge is 2.08. The first-order valence-electron chi connectivity index (χ1n) is 5.57. The van der Waals surface area contributed by atoms with Crippen molar-refractivity contribution in [2.75, 3.05) is 6.61 Å². The van der Waals surface area contributed by atoms with E-state index in [9.17, 15) is 0 Å². The van der Waals surface area contributed by atoms with Gasteiger partial charge in [-0.2, -0.15) is 10.2 Å². The quantitative estimate of drug-likeness (QED) is 0.859. The summed E-state index contributed by atoms with van der Waals surface area (Å²) < 4.78 is 10.6. The Kier molecular flexibility index (Phi) is 4.61. The van der Waals surface area contributed by atoms with Crippen molar-refractivity contribution in [2.45, 2.75) is 6.92 Å². The molecule has 0 saturated heterocycles. The zero-order valence-electron chi connectivity index (χ0n) is 10.4. The van der Waals surface area contributed by atoms with E-state index in [1.807, 2.05) is 6.07 Å². The van der Waals surface area contributed by atoms with Crippen LogP contribution in [0.4, 0.5) is 0 Å². The number of nitriles is 1. The fraction of sp³-hybridized carbons (Fsp3) is 0.154. The molecule has 7 heteroatoms. The third kappa shape index (κ3) is 3.73. The van der Waals surface area contributed by atoms with Gasteiger partial charge >= 0.3 is 6.01 Å². The van der Waals surface area contributed by atoms with Crippen LogP contribution in [0.2, 0.25) is 10.0 Å². The molecule has 0 aliphatic heterocycles. The number of nitrogens with zero attached hydrogens (tertiary/aromatic N) is 3. The van der Waals surface area contributed by atoms with Gasteiger partial charge in [-0.15, -0.1) is 0 Å². The predicted molar refractivity (Wildman–Crippen MR) is 74.4 cm³/mol. The van der Waals surface area contributed by atoms with E-state index in [2.05, 4.69) is 9.97 Å². The van der Waals surface area contributed by atoms with Crippen molar-refractivity contribution in [3.63, 3.8) is 0 Å². The van der Waals surface area contributed by atoms with Gasteiger partial charge in [0.25, 0.3) is 0 Å². The van der Waals surface area contributed by atoms with E-state index in [4.69, 9.17) is 37.9 Å². The van der Waals surface area contributed by atoms with Crippen LogP contribution in [-0.2, 0) is 0 Å². The minimum absolute atomic E-state index is 0.0756. The number of hydrogen-bond acceptors (Lipinski definition) is 5. The second-order valence-electron chi connectivity index (χ2n) is 3.75. The highest BCUT2D eigenvalue weighted by atomic mass is 35.5. The van der Waals surface area contributed by atoms with Gasteiger partial charge in [0.2, 0.25) is 5.88 Å². The van der Waals surface area contributed by atoms with Crippen LogP contribution in [0.15, 0.2) is 24.3 Å². The Bertz CT molecular complexity index is 671. The molecule has 20 heavy (non-hydrogen) atoms. The maximum atomic E-state index is 8.47. The predicted octanol–water partition coefficient (Wildman–Crippen LogP) is 3.79. The molecule has 2 aromatic rings. The molecule has 0 amide bonds. The molecule has 0 radical (unpaired) electrons. The van der Waals surface area contributed by atoms with Crippen molar-refractivity contribution in [1.82, 2.24) is 9.97 Å². The highest BCUT2D eigenvalue weighted by Crippen LogP contribution is 2.31. The number of aryl methyl sites for hydroxylation is 1. The Balaban J connectivity index is 2.24. The van der Waals surface area contributed by atoms with Gasteiger partial charge in [-0.1, -0.05) is 23.2 Å². The molecule has 0 aliphatic rings. The van der Waals surface area contributed by atoms with Gasteiger partial charge in [0.1, 0.15) is 11.8 Å². The Hall–Kier alpha value is -2.03. The lowest BCUT2D eigenvalue weighted by atomic mass is 10.3. The SMILES string of the molecule is Cc1cc(Oc2ccc(Cl)cc2Cl)nc(OCC#N)n1. The first-order valence-corrected chi connectivity index (χ1v) is 6.32. The summed E-state index contributed by atoms with van der Waals surface area (Å²) in [5, 5.41) is 9.35. The second-order valence-corrected chi connectivity index (χ2v) is 4.60. The summed E-state index contributed by atoms with van der Waals surface area (Å²) in [7, 11) is 0. The van der Waals surface area contributed by atoms with Gasteiger partial charge in [-0.3, -0.25) is 0 Å². The Labute approximate surface area is 125 Å². The first-order chi connectivity index (χ1) is 9.58. The van der Waals surface area contributed by atoms with E-state index in [-0.39, 0.29) is 18.5 Å². The molecule has 5 nitrogen and oxygen atoms in total. The van der Waals surface area contributed by atoms with E-state index in [0.29, 0.717) is 21.5 Å². The molecule has 0 spiro atoms. The molecule has 1 aromatic carbocycles. The van der Waals surface area contributed by atoms with Gasteiger partial charge in [-0.05, 0) is 25.1 Å². The summed E-state index contributed by atoms with van der Waals surface area (Å²) in [5.74, 6) is 0.690. The maximum Gasteiger partial charge on any atom is 0.320 e. The van der Waals surface area contributed by atoms with Crippen LogP contribution in [0.25, 0.3) is 0 Å². The molecule has 0 bridgehead atoms. The third-order valence-electron chi connectivity index (χ3n) is 2.18. The van der Waals surface area contributed by atoms with Crippen molar-refractivity contribution in [2.24, 2.45) is 0 Å². The molecule has 0 aliphatic carbocycles. The first kappa shape index (κ1) is 14.4. The van der Waals surface area contributed by atoms with Crippen LogP contribution in [0, 0.1) is 18.3 Å². The average molecular weight is 310 g/mol. The van der Waals surface area contributed by atoms with Gasteiger partial charge in [0.15, 0.2) is 6.61 Å². The van der Waals surface area contributed by atoms with Crippen molar-refractivity contribution in [3.05, 3.63) is 40.0 Å². The Morgan fingerprint density at radius 2 is 2.05 bits per heavy atom. The second kappa shape index (κ2) is 6.42. The number of ether oxygens (including phenoxy) is 2. The monoisotopic (exact) mass is 309 g/mol. The fourth-order valence-electron chi connectivity index (χ4n) is 1.40. The third-order valence-corrected chi connectivity index (χ3v) is 2.71. The van der Waals surface area contributed by atoms with Crippen LogP contribution >= 0.6 is 23.2 Å². The number of hydrogen-bond donors (Lipinski definition) is 0. The zero-order valence-corrected chi connectivity index (χ0v) is 11.9. The number of halogens is 2. The molecule has 0 N–H and O–H groups in total. The summed E-state index contributed by atoms with van der Waals surface area (Å²) in [6, 6.07) is 8.41. The van der Waals surface area contributed by atoms with Gasteiger partial charge < -0.3 is 9.47 Å². The minimum atomic E-state index is -0.134. The molecule has 1 aromatic heterocycles. The normalized spacial score (nSPS) is 9.90. The molecule has 2 rings (SSSR count). The molecule has 0 saturated carbocycles. The Morgan fingerprint density at radius 3 is 2.75 bits per heavy atom. The molecule has 0 atom stereocenters. The fourth-order valence-corrected chi connectivity index (χ4v) is 1.84. The molecule has 0 fully saturated rings. The average Bonchev–Trinajstić information content (AvgIpc) is 2.39. The van der Waals surface area contributed by atoms with Gasteiger partial charge in [-0.25, -0.2) is 4.98 Å². The van der Waals surface area contributed by atoms with Crippen molar-refractivity contribution in [3.8, 4) is 23.7 Å². The number of rotatable bonds is 4. The van der Waals surface area contributed by atoms with Crippen LogP contribution in [0.3, 0.4) is 0 Å². The number of aromatic nitrogens is 2. The van der Waals surface area contributed by atoms with Crippen LogP contribution in [0.1, 0.15) is 5.69 Å². The summed E-state index contributed by atoms with van der Waals surface area (Å²) in [5.41, 5.74) is 0.646. The van der Waals surface area contributed by atoms with Gasteiger partial charge in [0, 0.05) is 16.8 Å².